The molecule has 0 aliphatic carbocycles. The number of benzene rings is 1. The number of halogens is 4. The van der Waals surface area contributed by atoms with Crippen LogP contribution >= 0.6 is 0 Å². The van der Waals surface area contributed by atoms with Crippen LogP contribution < -0.4 is 10.2 Å². The van der Waals surface area contributed by atoms with E-state index in [1.165, 1.54) is 19.3 Å². The predicted octanol–water partition coefficient (Wildman–Crippen LogP) is 4.08. The lowest BCUT2D eigenvalue weighted by Gasteiger charge is -2.50. The van der Waals surface area contributed by atoms with Gasteiger partial charge >= 0.3 is 6.18 Å². The Morgan fingerprint density at radius 3 is 2.79 bits per heavy atom. The molecule has 5 rings (SSSR count). The highest BCUT2D eigenvalue weighted by molar-refractivity contribution is 5.96. The zero-order valence-electron chi connectivity index (χ0n) is 20.3. The molecule has 1 amide bonds. The zero-order valence-corrected chi connectivity index (χ0v) is 20.3. The predicted molar refractivity (Wildman–Crippen MR) is 130 cm³/mol. The van der Waals surface area contributed by atoms with Crippen molar-refractivity contribution in [3.63, 3.8) is 0 Å². The molecule has 0 radical (unpaired) electrons. The number of fused-ring (bicyclic) bond motifs is 1. The summed E-state index contributed by atoms with van der Waals surface area (Å²) in [6.45, 7) is 2.87. The highest BCUT2D eigenvalue weighted by atomic mass is 19.4. The molecule has 0 unspecified atom stereocenters. The van der Waals surface area contributed by atoms with Crippen LogP contribution in [0.5, 0.6) is 0 Å². The highest BCUT2D eigenvalue weighted by Gasteiger charge is 2.46. The van der Waals surface area contributed by atoms with E-state index < -0.39 is 29.5 Å². The summed E-state index contributed by atoms with van der Waals surface area (Å²) in [4.78, 5) is 25.6. The minimum Gasteiger partial charge on any atom is -0.364 e. The van der Waals surface area contributed by atoms with Gasteiger partial charge < -0.3 is 15.2 Å². The fraction of sp³-hybridized carbons (Fsp3) is 0.320. The first kappa shape index (κ1) is 25.2. The highest BCUT2D eigenvalue weighted by Crippen LogP contribution is 2.39. The van der Waals surface area contributed by atoms with Crippen molar-refractivity contribution < 1.29 is 22.4 Å². The summed E-state index contributed by atoms with van der Waals surface area (Å²) in [6, 6.07) is 4.33. The molecule has 1 aliphatic heterocycles. The summed E-state index contributed by atoms with van der Waals surface area (Å²) in [5, 5.41) is 16.7. The van der Waals surface area contributed by atoms with Crippen LogP contribution in [0.3, 0.4) is 0 Å². The molecule has 196 valence electrons. The molecule has 2 N–H and O–H groups in total. The number of nitrogens with one attached hydrogen (secondary N) is 2. The van der Waals surface area contributed by atoms with Crippen LogP contribution in [0.1, 0.15) is 29.3 Å². The summed E-state index contributed by atoms with van der Waals surface area (Å²) in [7, 11) is 0. The van der Waals surface area contributed by atoms with Crippen LogP contribution in [0, 0.1) is 24.1 Å². The average Bonchev–Trinajstić information content (AvgIpc) is 3.52. The average molecular weight is 526 g/mol. The molecule has 1 aliphatic rings. The maximum Gasteiger partial charge on any atom is 0.408 e. The summed E-state index contributed by atoms with van der Waals surface area (Å²) < 4.78 is 55.2. The first-order valence-corrected chi connectivity index (χ1v) is 11.7. The SMILES string of the molecule is Cc1cc(N2CC(CC#N)(n3cc(-c4ncnc5[nH]ccc45)cn3)C2)c(F)cc1C(=O)N[C@@H](C)C(F)(F)F. The van der Waals surface area contributed by atoms with Gasteiger partial charge in [0.25, 0.3) is 5.91 Å². The van der Waals surface area contributed by atoms with Crippen molar-refractivity contribution in [2.24, 2.45) is 0 Å². The molecule has 3 aromatic heterocycles. The Morgan fingerprint density at radius 2 is 2.08 bits per heavy atom. The molecule has 9 nitrogen and oxygen atoms in total. The Bertz CT molecular complexity index is 1560. The summed E-state index contributed by atoms with van der Waals surface area (Å²) >= 11 is 0. The Labute approximate surface area is 214 Å². The number of rotatable bonds is 6. The quantitative estimate of drug-likeness (QED) is 0.366. The van der Waals surface area contributed by atoms with E-state index in [4.69, 9.17) is 0 Å². The lowest BCUT2D eigenvalue weighted by atomic mass is 9.86. The van der Waals surface area contributed by atoms with Crippen LogP contribution in [0.15, 0.2) is 43.1 Å². The van der Waals surface area contributed by atoms with Crippen molar-refractivity contribution in [3.05, 3.63) is 60.1 Å². The first-order chi connectivity index (χ1) is 18.0. The Kier molecular flexibility index (Phi) is 6.05. The number of carbonyl (C=O) groups is 1. The van der Waals surface area contributed by atoms with E-state index in [1.54, 1.807) is 28.2 Å². The molecule has 4 heterocycles. The molecule has 0 saturated carbocycles. The number of hydrogen-bond donors (Lipinski definition) is 2. The number of aromatic nitrogens is 5. The maximum atomic E-state index is 15.1. The van der Waals surface area contributed by atoms with Crippen molar-refractivity contribution in [1.82, 2.24) is 30.0 Å². The normalized spacial score (nSPS) is 15.7. The molecule has 13 heteroatoms. The molecule has 0 bridgehead atoms. The Morgan fingerprint density at radius 1 is 1.32 bits per heavy atom. The van der Waals surface area contributed by atoms with Crippen molar-refractivity contribution in [1.29, 1.82) is 5.26 Å². The van der Waals surface area contributed by atoms with Crippen molar-refractivity contribution in [2.45, 2.75) is 38.0 Å². The van der Waals surface area contributed by atoms with Crippen molar-refractivity contribution in [3.8, 4) is 17.3 Å². The number of amides is 1. The number of carbonyl (C=O) groups excluding carboxylic acids is 1. The molecule has 38 heavy (non-hydrogen) atoms. The van der Waals surface area contributed by atoms with E-state index in [9.17, 15) is 23.2 Å². The van der Waals surface area contributed by atoms with Gasteiger partial charge in [-0.2, -0.15) is 23.5 Å². The fourth-order valence-electron chi connectivity index (χ4n) is 4.64. The second-order valence-corrected chi connectivity index (χ2v) is 9.41. The zero-order chi connectivity index (χ0) is 27.2. The maximum absolute atomic E-state index is 15.1. The van der Waals surface area contributed by atoms with E-state index in [2.05, 4.69) is 26.1 Å². The molecule has 4 aromatic rings. The minimum atomic E-state index is -4.61. The number of hydrogen-bond acceptors (Lipinski definition) is 6. The third-order valence-electron chi connectivity index (χ3n) is 6.79. The standard InChI is InChI=1S/C25H22F4N8O/c1-14-7-20(19(26)8-18(14)23(38)35-15(2)25(27,28)29)36-11-24(12-36,4-5-30)37-10-16(9-34-37)21-17-3-6-31-22(17)33-13-32-21/h3,6-10,13,15H,4,11-12H2,1-2H3,(H,35,38)(H,31,32,33)/t15-/m0/s1. The van der Waals surface area contributed by atoms with E-state index in [-0.39, 0.29) is 30.8 Å². The van der Waals surface area contributed by atoms with Gasteiger partial charge in [0.05, 0.1) is 30.1 Å². The number of aryl methyl sites for hydroxylation is 1. The van der Waals surface area contributed by atoms with Gasteiger partial charge in [-0.3, -0.25) is 9.48 Å². The van der Waals surface area contributed by atoms with E-state index in [1.807, 2.05) is 11.4 Å². The first-order valence-electron chi connectivity index (χ1n) is 11.7. The van der Waals surface area contributed by atoms with Gasteiger partial charge in [0.15, 0.2) is 0 Å². The fourth-order valence-corrected chi connectivity index (χ4v) is 4.64. The van der Waals surface area contributed by atoms with Crippen molar-refractivity contribution >= 4 is 22.6 Å². The monoisotopic (exact) mass is 526 g/mol. The largest absolute Gasteiger partial charge is 0.408 e. The summed E-state index contributed by atoms with van der Waals surface area (Å²) in [6.07, 6.45) is 2.15. The smallest absolute Gasteiger partial charge is 0.364 e. The third kappa shape index (κ3) is 4.31. The number of nitriles is 1. The second-order valence-electron chi connectivity index (χ2n) is 9.41. The summed E-state index contributed by atoms with van der Waals surface area (Å²) in [5.41, 5.74) is 1.71. The molecule has 1 saturated heterocycles. The van der Waals surface area contributed by atoms with Gasteiger partial charge in [0.1, 0.15) is 29.4 Å². The number of anilines is 1. The molecular weight excluding hydrogens is 504 g/mol. The number of alkyl halides is 3. The number of nitrogens with zero attached hydrogens (tertiary/aromatic N) is 6. The van der Waals surface area contributed by atoms with Crippen LogP contribution in [-0.2, 0) is 5.54 Å². The van der Waals surface area contributed by atoms with Gasteiger partial charge in [-0.05, 0) is 37.6 Å². The van der Waals surface area contributed by atoms with Gasteiger partial charge in [-0.25, -0.2) is 14.4 Å². The van der Waals surface area contributed by atoms with Crippen LogP contribution in [0.2, 0.25) is 0 Å². The lowest BCUT2D eigenvalue weighted by molar-refractivity contribution is -0.149. The molecule has 1 fully saturated rings. The van der Waals surface area contributed by atoms with E-state index >= 15 is 4.39 Å². The summed E-state index contributed by atoms with van der Waals surface area (Å²) in [5.74, 6) is -1.76. The van der Waals surface area contributed by atoms with E-state index in [0.717, 1.165) is 23.9 Å². The second kappa shape index (κ2) is 9.13. The van der Waals surface area contributed by atoms with Crippen LogP contribution in [0.25, 0.3) is 22.3 Å². The molecular formula is C25H22F4N8O. The van der Waals surface area contributed by atoms with Crippen molar-refractivity contribution in [2.75, 3.05) is 18.0 Å². The van der Waals surface area contributed by atoms with E-state index in [0.29, 0.717) is 16.9 Å². The Hall–Kier alpha value is -4.47. The van der Waals surface area contributed by atoms with Gasteiger partial charge in [-0.15, -0.1) is 0 Å². The van der Waals surface area contributed by atoms with Crippen LogP contribution in [0.4, 0.5) is 23.2 Å². The molecule has 1 aromatic carbocycles. The van der Waals surface area contributed by atoms with Crippen LogP contribution in [-0.4, -0.2) is 55.9 Å². The minimum absolute atomic E-state index is 0.115. The lowest BCUT2D eigenvalue weighted by Crippen LogP contribution is -2.63. The number of H-pyrrole nitrogens is 1. The number of aromatic amines is 1. The van der Waals surface area contributed by atoms with Gasteiger partial charge in [-0.1, -0.05) is 0 Å². The van der Waals surface area contributed by atoms with Gasteiger partial charge in [0, 0.05) is 42.0 Å². The Balaban J connectivity index is 1.37. The molecule has 0 spiro atoms. The topological polar surface area (TPSA) is 116 Å². The van der Waals surface area contributed by atoms with Gasteiger partial charge in [0.2, 0.25) is 0 Å². The third-order valence-corrected chi connectivity index (χ3v) is 6.79. The molecule has 1 atom stereocenters.